The molecule has 1 aliphatic carbocycles. The van der Waals surface area contributed by atoms with E-state index in [9.17, 15) is 10.1 Å². The van der Waals surface area contributed by atoms with Gasteiger partial charge in [-0.15, -0.1) is 23.1 Å². The topological polar surface area (TPSA) is 52.9 Å². The lowest BCUT2D eigenvalue weighted by atomic mass is 9.96. The van der Waals surface area contributed by atoms with Crippen molar-refractivity contribution in [2.45, 2.75) is 43.4 Å². The first-order valence-corrected chi connectivity index (χ1v) is 10.6. The summed E-state index contributed by atoms with van der Waals surface area (Å²) in [5.74, 6) is 0.869. The molecule has 3 rings (SSSR count). The number of hydrogen-bond acceptors (Lipinski definition) is 4. The molecule has 0 saturated carbocycles. The Kier molecular flexibility index (Phi) is 6.41. The van der Waals surface area contributed by atoms with Crippen LogP contribution in [-0.2, 0) is 17.6 Å². The van der Waals surface area contributed by atoms with E-state index in [1.165, 1.54) is 11.3 Å². The zero-order valence-electron chi connectivity index (χ0n) is 13.8. The molecule has 1 heterocycles. The van der Waals surface area contributed by atoms with Crippen molar-refractivity contribution in [3.8, 4) is 6.07 Å². The number of amides is 1. The molecule has 2 aromatic rings. The van der Waals surface area contributed by atoms with E-state index < -0.39 is 0 Å². The minimum absolute atomic E-state index is 0.00759. The summed E-state index contributed by atoms with van der Waals surface area (Å²) in [6, 6.07) is 10.0. The van der Waals surface area contributed by atoms with Gasteiger partial charge in [-0.3, -0.25) is 4.79 Å². The van der Waals surface area contributed by atoms with Gasteiger partial charge in [0, 0.05) is 21.2 Å². The second-order valence-electron chi connectivity index (χ2n) is 5.98. The van der Waals surface area contributed by atoms with Crippen molar-refractivity contribution >= 4 is 45.6 Å². The van der Waals surface area contributed by atoms with Crippen LogP contribution in [0.4, 0.5) is 5.00 Å². The highest BCUT2D eigenvalue weighted by Gasteiger charge is 2.21. The third-order valence-electron chi connectivity index (χ3n) is 4.17. The lowest BCUT2D eigenvalue weighted by Gasteiger charge is -2.09. The Bertz CT molecular complexity index is 793. The number of benzene rings is 1. The number of fused-ring (bicyclic) bond motifs is 1. The molecule has 130 valence electrons. The van der Waals surface area contributed by atoms with Crippen molar-refractivity contribution < 1.29 is 4.79 Å². The summed E-state index contributed by atoms with van der Waals surface area (Å²) >= 11 is 9.17. The largest absolute Gasteiger partial charge is 0.317 e. The quantitative estimate of drug-likeness (QED) is 0.511. The first-order valence-electron chi connectivity index (χ1n) is 8.40. The van der Waals surface area contributed by atoms with E-state index in [0.29, 0.717) is 12.0 Å². The third-order valence-corrected chi connectivity index (χ3v) is 6.72. The van der Waals surface area contributed by atoms with Crippen LogP contribution in [0.1, 0.15) is 41.7 Å². The summed E-state index contributed by atoms with van der Waals surface area (Å²) in [7, 11) is 0. The number of carbonyl (C=O) groups excluding carboxylic acids is 1. The van der Waals surface area contributed by atoms with Gasteiger partial charge < -0.3 is 5.32 Å². The van der Waals surface area contributed by atoms with E-state index in [2.05, 4.69) is 11.4 Å². The van der Waals surface area contributed by atoms with E-state index in [1.54, 1.807) is 23.1 Å². The summed E-state index contributed by atoms with van der Waals surface area (Å²) < 4.78 is 0. The molecule has 1 N–H and O–H groups in total. The average molecular weight is 391 g/mol. The molecule has 0 aliphatic heterocycles. The molecule has 1 aromatic heterocycles. The van der Waals surface area contributed by atoms with Crippen molar-refractivity contribution in [3.05, 3.63) is 45.3 Å². The highest BCUT2D eigenvalue weighted by Crippen LogP contribution is 2.37. The van der Waals surface area contributed by atoms with Crippen molar-refractivity contribution in [3.63, 3.8) is 0 Å². The van der Waals surface area contributed by atoms with Gasteiger partial charge in [0.2, 0.25) is 5.91 Å². The standard InChI is InChI=1S/C19H19ClN2OS2/c20-13-7-9-14(10-8-13)24-11-3-6-18(23)22-19-16(12-21)15-4-1-2-5-17(15)25-19/h7-10H,1-6,11H2,(H,22,23). The van der Waals surface area contributed by atoms with E-state index in [4.69, 9.17) is 11.6 Å². The number of hydrogen-bond donors (Lipinski definition) is 1. The molecule has 0 radical (unpaired) electrons. The highest BCUT2D eigenvalue weighted by atomic mass is 35.5. The molecule has 0 unspecified atom stereocenters. The second-order valence-corrected chi connectivity index (χ2v) is 8.69. The van der Waals surface area contributed by atoms with Gasteiger partial charge in [0.25, 0.3) is 0 Å². The number of carbonyl (C=O) groups is 1. The molecule has 0 saturated heterocycles. The lowest BCUT2D eigenvalue weighted by Crippen LogP contribution is -2.11. The average Bonchev–Trinajstić information content (AvgIpc) is 2.97. The molecule has 0 fully saturated rings. The van der Waals surface area contributed by atoms with Crippen molar-refractivity contribution in [1.82, 2.24) is 0 Å². The number of thiophene rings is 1. The summed E-state index contributed by atoms with van der Waals surface area (Å²) in [5.41, 5.74) is 1.84. The minimum Gasteiger partial charge on any atom is -0.317 e. The second kappa shape index (κ2) is 8.75. The zero-order chi connectivity index (χ0) is 17.6. The van der Waals surface area contributed by atoms with Gasteiger partial charge in [0.1, 0.15) is 11.1 Å². The van der Waals surface area contributed by atoms with Gasteiger partial charge >= 0.3 is 0 Å². The molecule has 0 atom stereocenters. The number of nitrogens with zero attached hydrogens (tertiary/aromatic N) is 1. The van der Waals surface area contributed by atoms with Gasteiger partial charge in [-0.2, -0.15) is 5.26 Å². The van der Waals surface area contributed by atoms with Crippen LogP contribution in [0.2, 0.25) is 5.02 Å². The first-order chi connectivity index (χ1) is 12.2. The molecular formula is C19H19ClN2OS2. The number of thioether (sulfide) groups is 1. The summed E-state index contributed by atoms with van der Waals surface area (Å²) in [6.45, 7) is 0. The van der Waals surface area contributed by atoms with Crippen LogP contribution in [-0.4, -0.2) is 11.7 Å². The van der Waals surface area contributed by atoms with Crippen molar-refractivity contribution in [1.29, 1.82) is 5.26 Å². The maximum Gasteiger partial charge on any atom is 0.225 e. The maximum absolute atomic E-state index is 12.2. The van der Waals surface area contributed by atoms with Crippen LogP contribution >= 0.6 is 34.7 Å². The van der Waals surface area contributed by atoms with Crippen LogP contribution in [0.3, 0.4) is 0 Å². The van der Waals surface area contributed by atoms with Crippen molar-refractivity contribution in [2.24, 2.45) is 0 Å². The number of anilines is 1. The smallest absolute Gasteiger partial charge is 0.225 e. The Hall–Kier alpha value is -1.48. The molecule has 3 nitrogen and oxygen atoms in total. The Balaban J connectivity index is 1.49. The molecule has 1 aliphatic rings. The van der Waals surface area contributed by atoms with Gasteiger partial charge in [0.15, 0.2) is 0 Å². The third kappa shape index (κ3) is 4.78. The van der Waals surface area contributed by atoms with E-state index in [0.717, 1.165) is 51.9 Å². The van der Waals surface area contributed by atoms with Gasteiger partial charge in [-0.1, -0.05) is 11.6 Å². The normalized spacial score (nSPS) is 13.1. The number of nitrogens with one attached hydrogen (secondary N) is 1. The fourth-order valence-corrected chi connectivity index (χ4v) is 5.15. The molecular weight excluding hydrogens is 372 g/mol. The predicted molar refractivity (Wildman–Crippen MR) is 106 cm³/mol. The summed E-state index contributed by atoms with van der Waals surface area (Å²) in [4.78, 5) is 14.6. The maximum atomic E-state index is 12.2. The lowest BCUT2D eigenvalue weighted by molar-refractivity contribution is -0.116. The van der Waals surface area contributed by atoms with Crippen LogP contribution in [0.25, 0.3) is 0 Å². The van der Waals surface area contributed by atoms with Crippen LogP contribution in [0.15, 0.2) is 29.2 Å². The summed E-state index contributed by atoms with van der Waals surface area (Å²) in [5, 5.41) is 13.9. The molecule has 1 amide bonds. The Morgan fingerprint density at radius 1 is 1.28 bits per heavy atom. The molecule has 1 aromatic carbocycles. The SMILES string of the molecule is N#Cc1c(NC(=O)CCCSc2ccc(Cl)cc2)sc2c1CCCC2. The van der Waals surface area contributed by atoms with E-state index >= 15 is 0 Å². The minimum atomic E-state index is -0.00759. The fraction of sp³-hybridized carbons (Fsp3) is 0.368. The van der Waals surface area contributed by atoms with E-state index in [1.807, 2.05) is 24.3 Å². The zero-order valence-corrected chi connectivity index (χ0v) is 16.2. The number of rotatable bonds is 6. The van der Waals surface area contributed by atoms with E-state index in [-0.39, 0.29) is 5.91 Å². The Morgan fingerprint density at radius 3 is 2.80 bits per heavy atom. The monoisotopic (exact) mass is 390 g/mol. The van der Waals surface area contributed by atoms with Gasteiger partial charge in [-0.05, 0) is 67.7 Å². The van der Waals surface area contributed by atoms with Crippen LogP contribution in [0.5, 0.6) is 0 Å². The molecule has 25 heavy (non-hydrogen) atoms. The van der Waals surface area contributed by atoms with Crippen molar-refractivity contribution in [2.75, 3.05) is 11.1 Å². The molecule has 6 heteroatoms. The first kappa shape index (κ1) is 18.3. The Morgan fingerprint density at radius 2 is 2.04 bits per heavy atom. The summed E-state index contributed by atoms with van der Waals surface area (Å²) in [6.07, 6.45) is 5.56. The van der Waals surface area contributed by atoms with Gasteiger partial charge in [0.05, 0.1) is 5.56 Å². The molecule has 0 bridgehead atoms. The highest BCUT2D eigenvalue weighted by molar-refractivity contribution is 7.99. The number of nitriles is 1. The Labute approximate surface area is 161 Å². The molecule has 0 spiro atoms. The number of halogens is 1. The number of aryl methyl sites for hydroxylation is 1. The van der Waals surface area contributed by atoms with Gasteiger partial charge in [-0.25, -0.2) is 0 Å². The van der Waals surface area contributed by atoms with Crippen LogP contribution < -0.4 is 5.32 Å². The predicted octanol–water partition coefficient (Wildman–Crippen LogP) is 5.66. The fourth-order valence-electron chi connectivity index (χ4n) is 2.91. The van der Waals surface area contributed by atoms with Crippen LogP contribution in [0, 0.1) is 11.3 Å².